The Labute approximate surface area is 96.5 Å². The molecule has 2 heteroatoms. The van der Waals surface area contributed by atoms with Crippen LogP contribution in [0.4, 0.5) is 0 Å². The van der Waals surface area contributed by atoms with E-state index >= 15 is 0 Å². The average molecular weight is 217 g/mol. The van der Waals surface area contributed by atoms with Crippen molar-refractivity contribution in [2.75, 3.05) is 0 Å². The molecule has 1 atom stereocenters. The minimum atomic E-state index is -0.272. The molecule has 0 aliphatic heterocycles. The van der Waals surface area contributed by atoms with E-state index in [1.807, 2.05) is 6.92 Å². The van der Waals surface area contributed by atoms with E-state index in [0.717, 1.165) is 13.0 Å². The molecule has 0 saturated carbocycles. The molecule has 0 aliphatic carbocycles. The van der Waals surface area contributed by atoms with E-state index < -0.39 is 0 Å². The highest BCUT2D eigenvalue weighted by Gasteiger charge is 2.06. The lowest BCUT2D eigenvalue weighted by molar-refractivity contribution is 0.195. The second-order valence-corrected chi connectivity index (χ2v) is 4.50. The monoisotopic (exact) mass is 217 g/mol. The normalized spacial score (nSPS) is 13.2. The molecule has 86 valence electrons. The van der Waals surface area contributed by atoms with Gasteiger partial charge in [-0.3, -0.25) is 0 Å². The zero-order chi connectivity index (χ0) is 11.7. The number of rotatable bonds is 3. The Kier molecular flexibility index (Phi) is 3.01. The van der Waals surface area contributed by atoms with Crippen molar-refractivity contribution in [2.45, 2.75) is 39.8 Å². The summed E-state index contributed by atoms with van der Waals surface area (Å²) in [4.78, 5) is 0. The van der Waals surface area contributed by atoms with Crippen LogP contribution in [0, 0.1) is 6.92 Å². The van der Waals surface area contributed by atoms with E-state index in [1.54, 1.807) is 0 Å². The Bertz CT molecular complexity index is 497. The summed E-state index contributed by atoms with van der Waals surface area (Å²) in [5.74, 6) is 0. The molecule has 2 aromatic rings. The van der Waals surface area contributed by atoms with Crippen LogP contribution in [0.15, 0.2) is 24.4 Å². The van der Waals surface area contributed by atoms with Crippen LogP contribution in [-0.2, 0) is 13.0 Å². The molecule has 2 nitrogen and oxygen atoms in total. The number of aromatic nitrogens is 1. The van der Waals surface area contributed by atoms with E-state index in [2.05, 4.69) is 42.8 Å². The van der Waals surface area contributed by atoms with Crippen LogP contribution in [0.1, 0.15) is 25.0 Å². The number of fused-ring (bicyclic) bond motifs is 1. The molecule has 1 aromatic carbocycles. The lowest BCUT2D eigenvalue weighted by Gasteiger charge is -2.06. The number of nitrogens with zero attached hydrogens (tertiary/aromatic N) is 1. The number of hydrogen-bond donors (Lipinski definition) is 1. The smallest absolute Gasteiger partial charge is 0.0552 e. The van der Waals surface area contributed by atoms with Gasteiger partial charge in [0.25, 0.3) is 0 Å². The minimum Gasteiger partial charge on any atom is -0.393 e. The summed E-state index contributed by atoms with van der Waals surface area (Å²) in [6.07, 6.45) is 2.65. The number of aryl methyl sites for hydroxylation is 2. The fourth-order valence-corrected chi connectivity index (χ4v) is 2.25. The minimum absolute atomic E-state index is 0.272. The molecule has 0 fully saturated rings. The molecule has 0 amide bonds. The standard InChI is InChI=1S/C14H19NO/c1-4-15-9-10(2)13-8-12(7-11(3)16)5-6-14(13)15/h5-6,8-9,11,16H,4,7H2,1-3H3. The molecular weight excluding hydrogens is 198 g/mol. The van der Waals surface area contributed by atoms with Crippen molar-refractivity contribution in [1.82, 2.24) is 4.57 Å². The maximum atomic E-state index is 9.39. The molecule has 1 aromatic heterocycles. The summed E-state index contributed by atoms with van der Waals surface area (Å²) >= 11 is 0. The first-order valence-corrected chi connectivity index (χ1v) is 5.88. The summed E-state index contributed by atoms with van der Waals surface area (Å²) in [6, 6.07) is 6.47. The van der Waals surface area contributed by atoms with Crippen LogP contribution >= 0.6 is 0 Å². The first-order chi connectivity index (χ1) is 7.61. The zero-order valence-corrected chi connectivity index (χ0v) is 10.2. The van der Waals surface area contributed by atoms with Gasteiger partial charge in [-0.05, 0) is 50.5 Å². The number of aliphatic hydroxyl groups is 1. The molecule has 0 saturated heterocycles. The van der Waals surface area contributed by atoms with Crippen molar-refractivity contribution >= 4 is 10.9 Å². The van der Waals surface area contributed by atoms with E-state index in [9.17, 15) is 5.11 Å². The van der Waals surface area contributed by atoms with Crippen molar-refractivity contribution in [1.29, 1.82) is 0 Å². The number of aliphatic hydroxyl groups excluding tert-OH is 1. The van der Waals surface area contributed by atoms with Crippen LogP contribution in [0.2, 0.25) is 0 Å². The van der Waals surface area contributed by atoms with Gasteiger partial charge in [0, 0.05) is 23.6 Å². The molecule has 1 unspecified atom stereocenters. The highest BCUT2D eigenvalue weighted by atomic mass is 16.3. The highest BCUT2D eigenvalue weighted by molar-refractivity contribution is 5.84. The first kappa shape index (κ1) is 11.2. The fourth-order valence-electron chi connectivity index (χ4n) is 2.25. The van der Waals surface area contributed by atoms with Crippen LogP contribution in [-0.4, -0.2) is 15.8 Å². The summed E-state index contributed by atoms with van der Waals surface area (Å²) in [6.45, 7) is 7.12. The maximum absolute atomic E-state index is 9.39. The van der Waals surface area contributed by atoms with Crippen molar-refractivity contribution in [3.63, 3.8) is 0 Å². The van der Waals surface area contributed by atoms with E-state index in [1.165, 1.54) is 22.0 Å². The molecule has 16 heavy (non-hydrogen) atoms. The quantitative estimate of drug-likeness (QED) is 0.840. The van der Waals surface area contributed by atoms with Gasteiger partial charge in [-0.1, -0.05) is 6.07 Å². The third-order valence-corrected chi connectivity index (χ3v) is 3.02. The fraction of sp³-hybridized carbons (Fsp3) is 0.429. The molecule has 0 radical (unpaired) electrons. The average Bonchev–Trinajstić information content (AvgIpc) is 2.55. The van der Waals surface area contributed by atoms with Gasteiger partial charge < -0.3 is 9.67 Å². The van der Waals surface area contributed by atoms with E-state index in [0.29, 0.717) is 0 Å². The summed E-state index contributed by atoms with van der Waals surface area (Å²) < 4.78 is 2.26. The third kappa shape index (κ3) is 1.98. The van der Waals surface area contributed by atoms with Gasteiger partial charge in [0.1, 0.15) is 0 Å². The Morgan fingerprint density at radius 1 is 1.38 bits per heavy atom. The Morgan fingerprint density at radius 3 is 2.75 bits per heavy atom. The maximum Gasteiger partial charge on any atom is 0.0552 e. The summed E-state index contributed by atoms with van der Waals surface area (Å²) in [5, 5.41) is 10.7. The zero-order valence-electron chi connectivity index (χ0n) is 10.2. The van der Waals surface area contributed by atoms with E-state index in [-0.39, 0.29) is 6.10 Å². The molecule has 2 rings (SSSR count). The molecule has 0 bridgehead atoms. The number of hydrogen-bond acceptors (Lipinski definition) is 1. The van der Waals surface area contributed by atoms with Crippen molar-refractivity contribution in [3.05, 3.63) is 35.5 Å². The molecular formula is C14H19NO. The van der Waals surface area contributed by atoms with Crippen LogP contribution < -0.4 is 0 Å². The highest BCUT2D eigenvalue weighted by Crippen LogP contribution is 2.22. The van der Waals surface area contributed by atoms with Gasteiger partial charge in [-0.2, -0.15) is 0 Å². The summed E-state index contributed by atoms with van der Waals surface area (Å²) in [7, 11) is 0. The Morgan fingerprint density at radius 2 is 2.12 bits per heavy atom. The van der Waals surface area contributed by atoms with Gasteiger partial charge in [0.2, 0.25) is 0 Å². The lowest BCUT2D eigenvalue weighted by Crippen LogP contribution is -2.03. The summed E-state index contributed by atoms with van der Waals surface area (Å²) in [5.41, 5.74) is 3.80. The predicted octanol–water partition coefficient (Wildman–Crippen LogP) is 2.89. The largest absolute Gasteiger partial charge is 0.393 e. The van der Waals surface area contributed by atoms with Crippen molar-refractivity contribution in [2.24, 2.45) is 0 Å². The van der Waals surface area contributed by atoms with Crippen LogP contribution in [0.5, 0.6) is 0 Å². The van der Waals surface area contributed by atoms with Crippen molar-refractivity contribution < 1.29 is 5.11 Å². The van der Waals surface area contributed by atoms with Gasteiger partial charge >= 0.3 is 0 Å². The molecule has 0 aliphatic rings. The second-order valence-electron chi connectivity index (χ2n) is 4.50. The third-order valence-electron chi connectivity index (χ3n) is 3.02. The Hall–Kier alpha value is -1.28. The van der Waals surface area contributed by atoms with Crippen LogP contribution in [0.3, 0.4) is 0 Å². The topological polar surface area (TPSA) is 25.2 Å². The SMILES string of the molecule is CCn1cc(C)c2cc(CC(C)O)ccc21. The molecule has 1 heterocycles. The van der Waals surface area contributed by atoms with Gasteiger partial charge in [-0.25, -0.2) is 0 Å². The predicted molar refractivity (Wildman–Crippen MR) is 67.7 cm³/mol. The van der Waals surface area contributed by atoms with Gasteiger partial charge in [-0.15, -0.1) is 0 Å². The van der Waals surface area contributed by atoms with Crippen LogP contribution in [0.25, 0.3) is 10.9 Å². The van der Waals surface area contributed by atoms with Gasteiger partial charge in [0.15, 0.2) is 0 Å². The molecule has 1 N–H and O–H groups in total. The Balaban J connectivity index is 2.49. The van der Waals surface area contributed by atoms with Gasteiger partial charge in [0.05, 0.1) is 6.10 Å². The van der Waals surface area contributed by atoms with E-state index in [4.69, 9.17) is 0 Å². The first-order valence-electron chi connectivity index (χ1n) is 5.88. The molecule has 0 spiro atoms. The lowest BCUT2D eigenvalue weighted by atomic mass is 10.1. The number of benzene rings is 1. The second kappa shape index (κ2) is 4.30. The van der Waals surface area contributed by atoms with Crippen molar-refractivity contribution in [3.8, 4) is 0 Å².